The molecule has 0 saturated carbocycles. The third kappa shape index (κ3) is 9.09. The molecule has 162 valence electrons. The third-order valence-corrected chi connectivity index (χ3v) is 5.13. The average Bonchev–Trinajstić information content (AvgIpc) is 2.99. The molecule has 1 aromatic heterocycles. The van der Waals surface area contributed by atoms with Crippen LogP contribution in [0.15, 0.2) is 9.41 Å². The first-order chi connectivity index (χ1) is 13.1. The van der Waals surface area contributed by atoms with Crippen molar-refractivity contribution in [3.8, 4) is 0 Å². The highest BCUT2D eigenvalue weighted by atomic mass is 127. The number of aryl methyl sites for hydroxylation is 2. The number of nitrogens with one attached hydrogen (secondary N) is 2. The molecule has 0 amide bonds. The molecular formula is C20H38IN5O2. The van der Waals surface area contributed by atoms with Crippen LogP contribution < -0.4 is 10.6 Å². The van der Waals surface area contributed by atoms with E-state index in [0.29, 0.717) is 5.92 Å². The summed E-state index contributed by atoms with van der Waals surface area (Å²) < 4.78 is 11.1. The fourth-order valence-electron chi connectivity index (χ4n) is 3.29. The molecule has 0 aromatic carbocycles. The molecule has 2 heterocycles. The Morgan fingerprint density at radius 1 is 1.25 bits per heavy atom. The molecule has 1 aliphatic heterocycles. The van der Waals surface area contributed by atoms with Crippen LogP contribution in [0.2, 0.25) is 0 Å². The zero-order valence-electron chi connectivity index (χ0n) is 17.9. The summed E-state index contributed by atoms with van der Waals surface area (Å²) in [5.41, 5.74) is 1.00. The summed E-state index contributed by atoms with van der Waals surface area (Å²) >= 11 is 0. The van der Waals surface area contributed by atoms with Gasteiger partial charge in [-0.3, -0.25) is 9.89 Å². The molecule has 0 unspecified atom stereocenters. The molecule has 1 saturated heterocycles. The van der Waals surface area contributed by atoms with Crippen molar-refractivity contribution in [2.75, 3.05) is 46.4 Å². The first kappa shape index (κ1) is 25.2. The molecule has 0 bridgehead atoms. The predicted molar refractivity (Wildman–Crippen MR) is 124 cm³/mol. The summed E-state index contributed by atoms with van der Waals surface area (Å²) in [6.07, 6.45) is 4.56. The first-order valence-corrected chi connectivity index (χ1v) is 10.3. The van der Waals surface area contributed by atoms with Crippen molar-refractivity contribution >= 4 is 29.9 Å². The summed E-state index contributed by atoms with van der Waals surface area (Å²) in [5, 5.41) is 6.86. The summed E-state index contributed by atoms with van der Waals surface area (Å²) in [6.45, 7) is 12.6. The van der Waals surface area contributed by atoms with Crippen molar-refractivity contribution in [1.82, 2.24) is 20.5 Å². The van der Waals surface area contributed by atoms with Crippen LogP contribution in [0.25, 0.3) is 0 Å². The fourth-order valence-corrected chi connectivity index (χ4v) is 3.29. The number of unbranched alkanes of at least 4 members (excludes halogenated alkanes) is 1. The van der Waals surface area contributed by atoms with E-state index in [1.54, 1.807) is 0 Å². The molecule has 2 rings (SSSR count). The van der Waals surface area contributed by atoms with E-state index in [9.17, 15) is 0 Å². The Kier molecular flexibility index (Phi) is 12.7. The Bertz CT molecular complexity index is 551. The highest BCUT2D eigenvalue weighted by molar-refractivity contribution is 14.0. The second kappa shape index (κ2) is 14.2. The standard InChI is InChI=1S/C20H37N5O2.HI/c1-5-26-13-7-6-10-22-20(21-4)23-14-18-8-11-25(12-9-18)15-19-24-16(2)17(3)27-19;/h18H,5-15H2,1-4H3,(H2,21,22,23);1H. The van der Waals surface area contributed by atoms with Gasteiger partial charge in [-0.05, 0) is 65.5 Å². The molecule has 1 aliphatic rings. The highest BCUT2D eigenvalue weighted by Crippen LogP contribution is 2.19. The maximum Gasteiger partial charge on any atom is 0.208 e. The topological polar surface area (TPSA) is 74.9 Å². The van der Waals surface area contributed by atoms with Gasteiger partial charge in [0.1, 0.15) is 5.76 Å². The molecule has 0 aliphatic carbocycles. The van der Waals surface area contributed by atoms with Crippen molar-refractivity contribution in [2.45, 2.75) is 53.0 Å². The van der Waals surface area contributed by atoms with Crippen molar-refractivity contribution in [1.29, 1.82) is 0 Å². The lowest BCUT2D eigenvalue weighted by molar-refractivity contribution is 0.143. The van der Waals surface area contributed by atoms with Gasteiger partial charge in [-0.15, -0.1) is 24.0 Å². The quantitative estimate of drug-likeness (QED) is 0.220. The number of halogens is 1. The van der Waals surface area contributed by atoms with Crippen molar-refractivity contribution < 1.29 is 9.15 Å². The average molecular weight is 507 g/mol. The number of ether oxygens (including phenoxy) is 1. The molecule has 0 spiro atoms. The second-order valence-electron chi connectivity index (χ2n) is 7.25. The Morgan fingerprint density at radius 2 is 2.00 bits per heavy atom. The summed E-state index contributed by atoms with van der Waals surface area (Å²) in [5.74, 6) is 3.36. The summed E-state index contributed by atoms with van der Waals surface area (Å²) in [7, 11) is 1.83. The number of aromatic nitrogens is 1. The fraction of sp³-hybridized carbons (Fsp3) is 0.800. The van der Waals surface area contributed by atoms with Gasteiger partial charge in [0, 0.05) is 33.4 Å². The van der Waals surface area contributed by atoms with E-state index in [-0.39, 0.29) is 24.0 Å². The lowest BCUT2D eigenvalue weighted by Gasteiger charge is -2.31. The van der Waals surface area contributed by atoms with Gasteiger partial charge in [-0.25, -0.2) is 4.98 Å². The van der Waals surface area contributed by atoms with Crippen molar-refractivity contribution in [2.24, 2.45) is 10.9 Å². The molecule has 7 nitrogen and oxygen atoms in total. The molecule has 0 atom stereocenters. The van der Waals surface area contributed by atoms with Crippen LogP contribution in [0.3, 0.4) is 0 Å². The molecule has 8 heteroatoms. The molecule has 1 fully saturated rings. The molecule has 1 aromatic rings. The monoisotopic (exact) mass is 507 g/mol. The smallest absolute Gasteiger partial charge is 0.208 e. The van der Waals surface area contributed by atoms with E-state index in [2.05, 4.69) is 25.5 Å². The zero-order chi connectivity index (χ0) is 19.5. The number of piperidine rings is 1. The van der Waals surface area contributed by atoms with Gasteiger partial charge >= 0.3 is 0 Å². The number of guanidine groups is 1. The summed E-state index contributed by atoms with van der Waals surface area (Å²) in [6, 6.07) is 0. The second-order valence-corrected chi connectivity index (χ2v) is 7.25. The number of hydrogen-bond donors (Lipinski definition) is 2. The minimum absolute atomic E-state index is 0. The Balaban J connectivity index is 0.00000392. The lowest BCUT2D eigenvalue weighted by Crippen LogP contribution is -2.43. The van der Waals surface area contributed by atoms with Gasteiger partial charge in [0.15, 0.2) is 5.96 Å². The maximum atomic E-state index is 5.71. The number of oxazole rings is 1. The number of hydrogen-bond acceptors (Lipinski definition) is 5. The summed E-state index contributed by atoms with van der Waals surface area (Å²) in [4.78, 5) is 11.3. The Labute approximate surface area is 187 Å². The van der Waals surface area contributed by atoms with Crippen LogP contribution in [-0.4, -0.2) is 62.3 Å². The minimum Gasteiger partial charge on any atom is -0.444 e. The van der Waals surface area contributed by atoms with Crippen LogP contribution in [0, 0.1) is 19.8 Å². The van der Waals surface area contributed by atoms with Crippen molar-refractivity contribution in [3.63, 3.8) is 0 Å². The van der Waals surface area contributed by atoms with Gasteiger partial charge in [-0.1, -0.05) is 0 Å². The van der Waals surface area contributed by atoms with E-state index >= 15 is 0 Å². The first-order valence-electron chi connectivity index (χ1n) is 10.3. The van der Waals surface area contributed by atoms with Crippen LogP contribution >= 0.6 is 24.0 Å². The number of aliphatic imine (C=N–C) groups is 1. The van der Waals surface area contributed by atoms with Crippen molar-refractivity contribution in [3.05, 3.63) is 17.3 Å². The largest absolute Gasteiger partial charge is 0.444 e. The molecule has 2 N–H and O–H groups in total. The van der Waals surface area contributed by atoms with Gasteiger partial charge < -0.3 is 19.8 Å². The van der Waals surface area contributed by atoms with E-state index in [1.165, 1.54) is 12.8 Å². The van der Waals surface area contributed by atoms with E-state index in [1.807, 2.05) is 27.8 Å². The zero-order valence-corrected chi connectivity index (χ0v) is 20.3. The van der Waals surface area contributed by atoms with Gasteiger partial charge in [0.2, 0.25) is 5.89 Å². The Morgan fingerprint density at radius 3 is 2.61 bits per heavy atom. The molecule has 28 heavy (non-hydrogen) atoms. The maximum absolute atomic E-state index is 5.71. The Hall–Kier alpha value is -0.870. The van der Waals surface area contributed by atoms with E-state index < -0.39 is 0 Å². The van der Waals surface area contributed by atoms with Gasteiger partial charge in [0.05, 0.1) is 12.2 Å². The number of rotatable bonds is 10. The van der Waals surface area contributed by atoms with E-state index in [0.717, 1.165) is 82.1 Å². The number of nitrogens with zero attached hydrogens (tertiary/aromatic N) is 3. The SMILES string of the molecule is CCOCCCCNC(=NC)NCC1CCN(Cc2nc(C)c(C)o2)CC1.I. The minimum atomic E-state index is 0. The lowest BCUT2D eigenvalue weighted by atomic mass is 9.97. The molecule has 0 radical (unpaired) electrons. The van der Waals surface area contributed by atoms with Crippen LogP contribution in [0.1, 0.15) is 50.0 Å². The van der Waals surface area contributed by atoms with E-state index in [4.69, 9.17) is 9.15 Å². The molecular weight excluding hydrogens is 469 g/mol. The van der Waals surface area contributed by atoms with Gasteiger partial charge in [-0.2, -0.15) is 0 Å². The van der Waals surface area contributed by atoms with Crippen LogP contribution in [0.4, 0.5) is 0 Å². The predicted octanol–water partition coefficient (Wildman–Crippen LogP) is 3.10. The highest BCUT2D eigenvalue weighted by Gasteiger charge is 2.21. The van der Waals surface area contributed by atoms with Crippen LogP contribution in [-0.2, 0) is 11.3 Å². The normalized spacial score (nSPS) is 16.1. The van der Waals surface area contributed by atoms with Gasteiger partial charge in [0.25, 0.3) is 0 Å². The number of likely N-dealkylation sites (tertiary alicyclic amines) is 1. The third-order valence-electron chi connectivity index (χ3n) is 5.13. The van der Waals surface area contributed by atoms with Crippen LogP contribution in [0.5, 0.6) is 0 Å².